The van der Waals surface area contributed by atoms with Crippen LogP contribution in [0.4, 0.5) is 0 Å². The van der Waals surface area contributed by atoms with Gasteiger partial charge < -0.3 is 5.32 Å². The van der Waals surface area contributed by atoms with Gasteiger partial charge in [0.15, 0.2) is 0 Å². The number of aromatic nitrogens is 1. The van der Waals surface area contributed by atoms with E-state index in [1.54, 1.807) is 0 Å². The second-order valence-electron chi connectivity index (χ2n) is 6.11. The van der Waals surface area contributed by atoms with Crippen LogP contribution in [0, 0.1) is 5.92 Å². The molecule has 1 saturated heterocycles. The smallest absolute Gasteiger partial charge is 0.0705 e. The third-order valence-corrected chi connectivity index (χ3v) is 4.55. The van der Waals surface area contributed by atoms with Crippen molar-refractivity contribution in [3.05, 3.63) is 42.1 Å². The molecule has 0 atom stereocenters. The summed E-state index contributed by atoms with van der Waals surface area (Å²) >= 11 is 0. The third-order valence-electron chi connectivity index (χ3n) is 4.55. The van der Waals surface area contributed by atoms with Crippen LogP contribution in [0.1, 0.15) is 25.0 Å². The van der Waals surface area contributed by atoms with E-state index in [4.69, 9.17) is 4.98 Å². The largest absolute Gasteiger partial charge is 0.320 e. The minimum atomic E-state index is 0. The molecule has 1 aromatic carbocycles. The molecule has 0 spiro atoms. The average Bonchev–Trinajstić information content (AvgIpc) is 2.54. The van der Waals surface area contributed by atoms with Crippen molar-refractivity contribution in [2.75, 3.05) is 26.7 Å². The lowest BCUT2D eigenvalue weighted by atomic mass is 9.93. The Kier molecular flexibility index (Phi) is 8.85. The highest BCUT2D eigenvalue weighted by atomic mass is 35.5. The van der Waals surface area contributed by atoms with Gasteiger partial charge in [-0.1, -0.05) is 24.3 Å². The summed E-state index contributed by atoms with van der Waals surface area (Å²) in [6, 6.07) is 12.7. The van der Waals surface area contributed by atoms with E-state index in [9.17, 15) is 0 Å². The number of hydrogen-bond donors (Lipinski definition) is 1. The van der Waals surface area contributed by atoms with Crippen molar-refractivity contribution in [2.45, 2.75) is 25.8 Å². The quantitative estimate of drug-likeness (QED) is 0.881. The van der Waals surface area contributed by atoms with Gasteiger partial charge in [0.1, 0.15) is 0 Å². The first-order valence-electron chi connectivity index (χ1n) is 8.07. The predicted octanol–water partition coefficient (Wildman–Crippen LogP) is 3.90. The number of likely N-dealkylation sites (tertiary alicyclic amines) is 1. The summed E-state index contributed by atoms with van der Waals surface area (Å²) in [5, 5.41) is 4.49. The van der Waals surface area contributed by atoms with Crippen LogP contribution in [0.25, 0.3) is 10.9 Å². The number of halogens is 2. The third kappa shape index (κ3) is 5.61. The highest BCUT2D eigenvalue weighted by molar-refractivity contribution is 5.85. The molecule has 2 heterocycles. The number of piperidine rings is 1. The van der Waals surface area contributed by atoms with Crippen molar-refractivity contribution in [1.82, 2.24) is 15.2 Å². The Morgan fingerprint density at radius 1 is 1.09 bits per heavy atom. The molecule has 5 heteroatoms. The van der Waals surface area contributed by atoms with Gasteiger partial charge in [0.2, 0.25) is 0 Å². The maximum absolute atomic E-state index is 4.79. The lowest BCUT2D eigenvalue weighted by Gasteiger charge is -2.31. The molecule has 0 bridgehead atoms. The van der Waals surface area contributed by atoms with Crippen LogP contribution >= 0.6 is 24.8 Å². The van der Waals surface area contributed by atoms with E-state index >= 15 is 0 Å². The fourth-order valence-electron chi connectivity index (χ4n) is 3.21. The highest BCUT2D eigenvalue weighted by Gasteiger charge is 2.19. The van der Waals surface area contributed by atoms with Crippen molar-refractivity contribution in [3.8, 4) is 0 Å². The summed E-state index contributed by atoms with van der Waals surface area (Å²) < 4.78 is 0. The molecule has 1 aliphatic heterocycles. The van der Waals surface area contributed by atoms with E-state index in [1.807, 2.05) is 7.05 Å². The Morgan fingerprint density at radius 3 is 2.57 bits per heavy atom. The first-order valence-corrected chi connectivity index (χ1v) is 8.07. The fraction of sp³-hybridized carbons (Fsp3) is 0.500. The van der Waals surface area contributed by atoms with Crippen molar-refractivity contribution in [2.24, 2.45) is 5.92 Å². The van der Waals surface area contributed by atoms with E-state index in [2.05, 4.69) is 46.6 Å². The van der Waals surface area contributed by atoms with Crippen LogP contribution in [0.2, 0.25) is 0 Å². The first kappa shape index (κ1) is 20.2. The summed E-state index contributed by atoms with van der Waals surface area (Å²) in [5.41, 5.74) is 2.31. The molecule has 1 N–H and O–H groups in total. The Morgan fingerprint density at radius 2 is 1.83 bits per heavy atom. The molecule has 1 fully saturated rings. The zero-order chi connectivity index (χ0) is 14.5. The maximum Gasteiger partial charge on any atom is 0.0705 e. The zero-order valence-electron chi connectivity index (χ0n) is 13.7. The summed E-state index contributed by atoms with van der Waals surface area (Å²) in [5.74, 6) is 0.901. The number of hydrogen-bond acceptors (Lipinski definition) is 3. The molecule has 23 heavy (non-hydrogen) atoms. The number of benzene rings is 1. The van der Waals surface area contributed by atoms with E-state index in [-0.39, 0.29) is 24.8 Å². The lowest BCUT2D eigenvalue weighted by molar-refractivity contribution is 0.171. The summed E-state index contributed by atoms with van der Waals surface area (Å²) in [4.78, 5) is 7.33. The van der Waals surface area contributed by atoms with Crippen LogP contribution in [-0.4, -0.2) is 36.6 Å². The van der Waals surface area contributed by atoms with Gasteiger partial charge >= 0.3 is 0 Å². The molecule has 3 rings (SSSR count). The number of para-hydroxylation sites is 1. The molecule has 0 radical (unpaired) electrons. The predicted molar refractivity (Wildman–Crippen MR) is 103 cm³/mol. The molecule has 0 saturated carbocycles. The standard InChI is InChI=1S/C18H25N3.2ClH/c1-19-11-8-15-9-12-21(13-10-15)14-17-7-6-16-4-2-3-5-18(16)20-17;;/h2-7,15,19H,8-14H2,1H3;2*1H. The van der Waals surface area contributed by atoms with Crippen LogP contribution in [-0.2, 0) is 6.54 Å². The second kappa shape index (κ2) is 10.1. The first-order chi connectivity index (χ1) is 10.3. The summed E-state index contributed by atoms with van der Waals surface area (Å²) in [7, 11) is 2.04. The Hall–Kier alpha value is -0.870. The van der Waals surface area contributed by atoms with Crippen LogP contribution in [0.5, 0.6) is 0 Å². The topological polar surface area (TPSA) is 28.2 Å². The Balaban J connectivity index is 0.00000132. The van der Waals surface area contributed by atoms with Gasteiger partial charge in [0.25, 0.3) is 0 Å². The molecule has 1 aromatic heterocycles. The average molecular weight is 356 g/mol. The molecule has 128 valence electrons. The van der Waals surface area contributed by atoms with Gasteiger partial charge in [-0.2, -0.15) is 0 Å². The van der Waals surface area contributed by atoms with Gasteiger partial charge in [-0.3, -0.25) is 9.88 Å². The normalized spacial score (nSPS) is 15.9. The van der Waals surface area contributed by atoms with Gasteiger partial charge in [-0.05, 0) is 64.0 Å². The molecular weight excluding hydrogens is 329 g/mol. The van der Waals surface area contributed by atoms with Crippen LogP contribution in [0.15, 0.2) is 36.4 Å². The molecular formula is C18H27Cl2N3. The van der Waals surface area contributed by atoms with Crippen LogP contribution < -0.4 is 5.32 Å². The van der Waals surface area contributed by atoms with Crippen LogP contribution in [0.3, 0.4) is 0 Å². The number of rotatable bonds is 5. The summed E-state index contributed by atoms with van der Waals surface area (Å²) in [6.45, 7) is 4.56. The van der Waals surface area contributed by atoms with Crippen molar-refractivity contribution in [1.29, 1.82) is 0 Å². The van der Waals surface area contributed by atoms with Gasteiger partial charge in [0.05, 0.1) is 11.2 Å². The van der Waals surface area contributed by atoms with E-state index in [0.29, 0.717) is 0 Å². The van der Waals surface area contributed by atoms with E-state index in [0.717, 1.165) is 24.5 Å². The molecule has 0 unspecified atom stereocenters. The SMILES string of the molecule is CNCCC1CCN(Cc2ccc3ccccc3n2)CC1.Cl.Cl. The molecule has 0 aliphatic carbocycles. The summed E-state index contributed by atoms with van der Waals surface area (Å²) in [6.07, 6.45) is 3.98. The highest BCUT2D eigenvalue weighted by Crippen LogP contribution is 2.21. The van der Waals surface area contributed by atoms with E-state index in [1.165, 1.54) is 43.4 Å². The Labute approximate surface area is 151 Å². The number of fused-ring (bicyclic) bond motifs is 1. The second-order valence-corrected chi connectivity index (χ2v) is 6.11. The van der Waals surface area contributed by atoms with E-state index < -0.39 is 0 Å². The van der Waals surface area contributed by atoms with Gasteiger partial charge in [0, 0.05) is 11.9 Å². The number of nitrogens with one attached hydrogen (secondary N) is 1. The van der Waals surface area contributed by atoms with Crippen molar-refractivity contribution < 1.29 is 0 Å². The number of pyridine rings is 1. The Bertz CT molecular complexity index is 583. The van der Waals surface area contributed by atoms with Crippen molar-refractivity contribution in [3.63, 3.8) is 0 Å². The minimum absolute atomic E-state index is 0. The number of nitrogens with zero attached hydrogens (tertiary/aromatic N) is 2. The minimum Gasteiger partial charge on any atom is -0.320 e. The van der Waals surface area contributed by atoms with Gasteiger partial charge in [-0.25, -0.2) is 0 Å². The molecule has 3 nitrogen and oxygen atoms in total. The zero-order valence-corrected chi connectivity index (χ0v) is 15.3. The monoisotopic (exact) mass is 355 g/mol. The molecule has 0 amide bonds. The maximum atomic E-state index is 4.79. The van der Waals surface area contributed by atoms with Gasteiger partial charge in [-0.15, -0.1) is 24.8 Å². The molecule has 2 aromatic rings. The lowest BCUT2D eigenvalue weighted by Crippen LogP contribution is -2.34. The van der Waals surface area contributed by atoms with Crippen molar-refractivity contribution >= 4 is 35.7 Å². The molecule has 1 aliphatic rings. The fourth-order valence-corrected chi connectivity index (χ4v) is 3.21.